The predicted octanol–water partition coefficient (Wildman–Crippen LogP) is 4.63. The third-order valence-corrected chi connectivity index (χ3v) is 6.06. The fourth-order valence-corrected chi connectivity index (χ4v) is 4.57. The Morgan fingerprint density at radius 2 is 1.38 bits per heavy atom. The quantitative estimate of drug-likeness (QED) is 0.791. The van der Waals surface area contributed by atoms with Crippen LogP contribution in [0.4, 0.5) is 25.0 Å². The van der Waals surface area contributed by atoms with Crippen LogP contribution in [0.1, 0.15) is 25.7 Å². The first-order valence-corrected chi connectivity index (χ1v) is 9.83. The van der Waals surface area contributed by atoms with Crippen molar-refractivity contribution in [2.75, 3.05) is 23.7 Å². The van der Waals surface area contributed by atoms with Gasteiger partial charge in [-0.25, -0.2) is 13.6 Å². The van der Waals surface area contributed by atoms with Crippen molar-refractivity contribution < 1.29 is 18.4 Å². The Balaban J connectivity index is 1.47. The van der Waals surface area contributed by atoms with Crippen molar-refractivity contribution >= 4 is 23.3 Å². The van der Waals surface area contributed by atoms with E-state index in [9.17, 15) is 18.4 Å². The number of likely N-dealkylation sites (tertiary alicyclic amines) is 1. The molecule has 1 aliphatic heterocycles. The predicted molar refractivity (Wildman–Crippen MR) is 106 cm³/mol. The van der Waals surface area contributed by atoms with Gasteiger partial charge in [-0.05, 0) is 61.4 Å². The van der Waals surface area contributed by atoms with Gasteiger partial charge in [-0.3, -0.25) is 4.79 Å². The van der Waals surface area contributed by atoms with E-state index in [1.165, 1.54) is 48.5 Å². The van der Waals surface area contributed by atoms with Gasteiger partial charge in [0.25, 0.3) is 0 Å². The largest absolute Gasteiger partial charge is 0.326 e. The van der Waals surface area contributed by atoms with Crippen LogP contribution in [0.3, 0.4) is 0 Å². The number of benzene rings is 2. The molecular formula is C22H23F2N3O2. The van der Waals surface area contributed by atoms with Gasteiger partial charge in [0, 0.05) is 29.9 Å². The molecule has 1 saturated heterocycles. The van der Waals surface area contributed by atoms with Crippen molar-refractivity contribution in [2.24, 2.45) is 11.3 Å². The standard InChI is InChI=1S/C22H23F2N3O2/c23-15-3-7-17(8-4-15)25-20(28)19-13-27(14-22(19)11-1-2-12-22)21(29)26-18-9-5-16(24)6-10-18/h3-10,19H,1-2,11-14H2,(H,25,28)(H,26,29). The molecule has 2 N–H and O–H groups in total. The van der Waals surface area contributed by atoms with Crippen molar-refractivity contribution in [1.82, 2.24) is 4.90 Å². The second-order valence-corrected chi connectivity index (χ2v) is 7.94. The number of carbonyl (C=O) groups excluding carboxylic acids is 2. The number of anilines is 2. The Hall–Kier alpha value is -2.96. The zero-order valence-electron chi connectivity index (χ0n) is 16.0. The second kappa shape index (κ2) is 7.81. The van der Waals surface area contributed by atoms with E-state index in [2.05, 4.69) is 10.6 Å². The lowest BCUT2D eigenvalue weighted by Crippen LogP contribution is -2.36. The molecule has 152 valence electrons. The Morgan fingerprint density at radius 3 is 1.93 bits per heavy atom. The van der Waals surface area contributed by atoms with Crippen LogP contribution in [0, 0.1) is 23.0 Å². The molecule has 2 aromatic carbocycles. The summed E-state index contributed by atoms with van der Waals surface area (Å²) in [6, 6.07) is 11.0. The molecule has 1 heterocycles. The topological polar surface area (TPSA) is 61.4 Å². The molecule has 1 spiro atoms. The summed E-state index contributed by atoms with van der Waals surface area (Å²) in [5.41, 5.74) is 0.819. The van der Waals surface area contributed by atoms with Crippen molar-refractivity contribution in [3.63, 3.8) is 0 Å². The fraction of sp³-hybridized carbons (Fsp3) is 0.364. The molecule has 0 aromatic heterocycles. The van der Waals surface area contributed by atoms with Crippen molar-refractivity contribution in [3.05, 3.63) is 60.2 Å². The molecule has 7 heteroatoms. The maximum atomic E-state index is 13.1. The maximum Gasteiger partial charge on any atom is 0.321 e. The van der Waals surface area contributed by atoms with Crippen LogP contribution in [0.2, 0.25) is 0 Å². The van der Waals surface area contributed by atoms with Gasteiger partial charge in [-0.2, -0.15) is 0 Å². The summed E-state index contributed by atoms with van der Waals surface area (Å²) in [6.07, 6.45) is 3.87. The highest BCUT2D eigenvalue weighted by Crippen LogP contribution is 2.49. The number of carbonyl (C=O) groups is 2. The molecule has 1 unspecified atom stereocenters. The SMILES string of the molecule is O=C(Nc1ccc(F)cc1)C1CN(C(=O)Nc2ccc(F)cc2)CC12CCCC2. The lowest BCUT2D eigenvalue weighted by Gasteiger charge is -2.28. The average molecular weight is 399 g/mol. The van der Waals surface area contributed by atoms with E-state index in [1.54, 1.807) is 4.90 Å². The molecule has 4 rings (SSSR count). The summed E-state index contributed by atoms with van der Waals surface area (Å²) in [7, 11) is 0. The highest BCUT2D eigenvalue weighted by atomic mass is 19.1. The molecule has 1 aliphatic carbocycles. The third-order valence-electron chi connectivity index (χ3n) is 6.06. The van der Waals surface area contributed by atoms with E-state index in [-0.39, 0.29) is 34.9 Å². The Bertz CT molecular complexity index is 893. The van der Waals surface area contributed by atoms with Crippen LogP contribution >= 0.6 is 0 Å². The van der Waals surface area contributed by atoms with Crippen molar-refractivity contribution in [2.45, 2.75) is 25.7 Å². The average Bonchev–Trinajstić information content (AvgIpc) is 3.33. The smallest absolute Gasteiger partial charge is 0.321 e. The molecule has 0 bridgehead atoms. The molecule has 5 nitrogen and oxygen atoms in total. The monoisotopic (exact) mass is 399 g/mol. The lowest BCUT2D eigenvalue weighted by molar-refractivity contribution is -0.122. The van der Waals surface area contributed by atoms with Gasteiger partial charge in [0.2, 0.25) is 5.91 Å². The first-order valence-electron chi connectivity index (χ1n) is 9.83. The highest BCUT2D eigenvalue weighted by molar-refractivity contribution is 5.95. The summed E-state index contributed by atoms with van der Waals surface area (Å²) in [5, 5.41) is 5.65. The molecule has 3 amide bonds. The van der Waals surface area contributed by atoms with Gasteiger partial charge in [0.05, 0.1) is 5.92 Å². The minimum atomic E-state index is -0.369. The van der Waals surface area contributed by atoms with Crippen LogP contribution in [-0.4, -0.2) is 29.9 Å². The van der Waals surface area contributed by atoms with Gasteiger partial charge in [-0.1, -0.05) is 12.8 Å². The number of hydrogen-bond donors (Lipinski definition) is 2. The zero-order chi connectivity index (χ0) is 20.4. The number of urea groups is 1. The van der Waals surface area contributed by atoms with Crippen LogP contribution in [0.5, 0.6) is 0 Å². The van der Waals surface area contributed by atoms with E-state index in [0.717, 1.165) is 25.7 Å². The van der Waals surface area contributed by atoms with Gasteiger partial charge in [-0.15, -0.1) is 0 Å². The van der Waals surface area contributed by atoms with Crippen LogP contribution < -0.4 is 10.6 Å². The summed E-state index contributed by atoms with van der Waals surface area (Å²) in [6.45, 7) is 0.835. The molecule has 0 radical (unpaired) electrons. The van der Waals surface area contributed by atoms with Gasteiger partial charge in [0.15, 0.2) is 0 Å². The van der Waals surface area contributed by atoms with Gasteiger partial charge < -0.3 is 15.5 Å². The summed E-state index contributed by atoms with van der Waals surface area (Å²) < 4.78 is 26.2. The Kier molecular flexibility index (Phi) is 5.22. The number of halogens is 2. The fourth-order valence-electron chi connectivity index (χ4n) is 4.57. The first-order chi connectivity index (χ1) is 13.9. The summed E-state index contributed by atoms with van der Waals surface area (Å²) in [5.74, 6) is -1.20. The maximum absolute atomic E-state index is 13.1. The number of amides is 3. The van der Waals surface area contributed by atoms with Crippen molar-refractivity contribution in [3.8, 4) is 0 Å². The number of nitrogens with zero attached hydrogens (tertiary/aromatic N) is 1. The van der Waals surface area contributed by atoms with Crippen molar-refractivity contribution in [1.29, 1.82) is 0 Å². The minimum absolute atomic E-state index is 0.143. The lowest BCUT2D eigenvalue weighted by atomic mass is 9.76. The van der Waals surface area contributed by atoms with Crippen LogP contribution in [0.15, 0.2) is 48.5 Å². The van der Waals surface area contributed by atoms with E-state index < -0.39 is 0 Å². The van der Waals surface area contributed by atoms with Gasteiger partial charge >= 0.3 is 6.03 Å². The van der Waals surface area contributed by atoms with E-state index in [0.29, 0.717) is 24.5 Å². The Morgan fingerprint density at radius 1 is 0.862 bits per heavy atom. The third kappa shape index (κ3) is 4.09. The normalized spacial score (nSPS) is 20.1. The van der Waals surface area contributed by atoms with Gasteiger partial charge in [0.1, 0.15) is 11.6 Å². The minimum Gasteiger partial charge on any atom is -0.326 e. The zero-order valence-corrected chi connectivity index (χ0v) is 16.0. The van der Waals surface area contributed by atoms with E-state index >= 15 is 0 Å². The second-order valence-electron chi connectivity index (χ2n) is 7.94. The molecule has 1 saturated carbocycles. The van der Waals surface area contributed by atoms with Crippen LogP contribution in [-0.2, 0) is 4.79 Å². The van der Waals surface area contributed by atoms with Crippen LogP contribution in [0.25, 0.3) is 0 Å². The van der Waals surface area contributed by atoms with E-state index in [4.69, 9.17) is 0 Å². The number of rotatable bonds is 3. The molecule has 2 aromatic rings. The molecule has 1 atom stereocenters. The highest BCUT2D eigenvalue weighted by Gasteiger charge is 2.52. The summed E-state index contributed by atoms with van der Waals surface area (Å²) in [4.78, 5) is 27.4. The Labute approximate surface area is 168 Å². The molecular weight excluding hydrogens is 376 g/mol. The van der Waals surface area contributed by atoms with E-state index in [1.807, 2.05) is 0 Å². The number of nitrogens with one attached hydrogen (secondary N) is 2. The first kappa shape index (κ1) is 19.4. The number of hydrogen-bond acceptors (Lipinski definition) is 2. The summed E-state index contributed by atoms with van der Waals surface area (Å²) >= 11 is 0. The molecule has 2 fully saturated rings. The molecule has 2 aliphatic rings. The molecule has 29 heavy (non-hydrogen) atoms.